The Morgan fingerprint density at radius 2 is 1.79 bits per heavy atom. The number of halogens is 1. The van der Waals surface area contributed by atoms with Gasteiger partial charge in [-0.1, -0.05) is 35.7 Å². The van der Waals surface area contributed by atoms with E-state index in [1.165, 1.54) is 0 Å². The minimum Gasteiger partial charge on any atom is -0.376 e. The largest absolute Gasteiger partial charge is 0.376 e. The Bertz CT molecular complexity index is 353. The fourth-order valence-electron chi connectivity index (χ4n) is 2.22. The Morgan fingerprint density at radius 3 is 2.21 bits per heavy atom. The topological polar surface area (TPSA) is 84.5 Å². The van der Waals surface area contributed by atoms with Crippen molar-refractivity contribution >= 4 is 33.8 Å². The lowest BCUT2D eigenvalue weighted by Crippen LogP contribution is -2.67. The maximum atomic E-state index is 12.2. The van der Waals surface area contributed by atoms with Gasteiger partial charge in [-0.25, -0.2) is 4.79 Å². The fraction of sp³-hybridized carbons (Fsp3) is 0.750. The van der Waals surface area contributed by atoms with Gasteiger partial charge in [0.2, 0.25) is 11.8 Å². The van der Waals surface area contributed by atoms with E-state index in [0.717, 1.165) is 6.42 Å². The van der Waals surface area contributed by atoms with Crippen molar-refractivity contribution in [2.75, 3.05) is 11.9 Å². The number of carbonyl (C=O) groups is 3. The number of hydrogen-bond acceptors (Lipinski definition) is 4. The van der Waals surface area contributed by atoms with E-state index in [1.807, 2.05) is 6.92 Å². The van der Waals surface area contributed by atoms with Gasteiger partial charge < -0.3 is 4.74 Å². The van der Waals surface area contributed by atoms with Crippen LogP contribution < -0.4 is 10.6 Å². The predicted molar refractivity (Wildman–Crippen MR) is 72.8 cm³/mol. The fourth-order valence-corrected chi connectivity index (χ4v) is 2.96. The number of unbranched alkanes of at least 4 members (excludes halogenated alkanes) is 1. The molecule has 0 spiro atoms. The van der Waals surface area contributed by atoms with Crippen LogP contribution >= 0.6 is 15.9 Å². The van der Waals surface area contributed by atoms with Crippen molar-refractivity contribution in [3.8, 4) is 0 Å². The van der Waals surface area contributed by atoms with Crippen molar-refractivity contribution in [2.45, 2.75) is 39.2 Å². The number of barbiturate groups is 1. The number of ether oxygens (including phenoxy) is 1. The Balaban J connectivity index is 3.12. The highest BCUT2D eigenvalue weighted by Crippen LogP contribution is 2.34. The number of urea groups is 1. The highest BCUT2D eigenvalue weighted by atomic mass is 79.9. The Labute approximate surface area is 120 Å². The third-order valence-corrected chi connectivity index (χ3v) is 3.83. The zero-order valence-electron chi connectivity index (χ0n) is 11.1. The molecule has 0 aromatic rings. The summed E-state index contributed by atoms with van der Waals surface area (Å²) in [6, 6.07) is -0.771. The van der Waals surface area contributed by atoms with Crippen LogP contribution in [0.15, 0.2) is 0 Å². The van der Waals surface area contributed by atoms with E-state index in [1.54, 1.807) is 6.92 Å². The van der Waals surface area contributed by atoms with Crippen LogP contribution in [0.4, 0.5) is 4.79 Å². The monoisotopic (exact) mass is 334 g/mol. The smallest absolute Gasteiger partial charge is 0.328 e. The molecule has 1 fully saturated rings. The molecule has 0 radical (unpaired) electrons. The number of amides is 4. The van der Waals surface area contributed by atoms with Gasteiger partial charge in [-0.2, -0.15) is 0 Å². The maximum Gasteiger partial charge on any atom is 0.328 e. The standard InChI is InChI=1S/C12H19BrN2O4/c1-3-5-6-12(8(7-13)19-4-2)9(16)14-11(18)15-10(12)17/h8H,3-7H2,1-2H3,(H2,14,15,16,17,18). The molecule has 1 aliphatic heterocycles. The summed E-state index contributed by atoms with van der Waals surface area (Å²) in [5.74, 6) is -1.15. The highest BCUT2D eigenvalue weighted by molar-refractivity contribution is 9.09. The van der Waals surface area contributed by atoms with Crippen LogP contribution in [0.1, 0.15) is 33.1 Å². The number of imide groups is 2. The first-order valence-electron chi connectivity index (χ1n) is 6.37. The molecule has 0 aromatic heterocycles. The van der Waals surface area contributed by atoms with Gasteiger partial charge in [-0.15, -0.1) is 0 Å². The van der Waals surface area contributed by atoms with Crippen molar-refractivity contribution in [3.63, 3.8) is 0 Å². The lowest BCUT2D eigenvalue weighted by Gasteiger charge is -2.39. The van der Waals surface area contributed by atoms with E-state index < -0.39 is 29.4 Å². The molecule has 7 heteroatoms. The van der Waals surface area contributed by atoms with Gasteiger partial charge in [0.25, 0.3) is 0 Å². The molecule has 1 unspecified atom stereocenters. The molecule has 0 aromatic carbocycles. The summed E-state index contributed by atoms with van der Waals surface area (Å²) in [7, 11) is 0. The molecule has 1 rings (SSSR count). The molecule has 1 heterocycles. The molecule has 2 N–H and O–H groups in total. The summed E-state index contributed by atoms with van der Waals surface area (Å²) >= 11 is 3.28. The number of nitrogens with one attached hydrogen (secondary N) is 2. The average molecular weight is 335 g/mol. The van der Waals surface area contributed by atoms with E-state index in [2.05, 4.69) is 26.6 Å². The van der Waals surface area contributed by atoms with Gasteiger partial charge in [0.15, 0.2) is 5.41 Å². The van der Waals surface area contributed by atoms with Crippen molar-refractivity contribution in [2.24, 2.45) is 5.41 Å². The molecule has 1 atom stereocenters. The molecule has 0 saturated carbocycles. The van der Waals surface area contributed by atoms with Crippen LogP contribution in [0, 0.1) is 5.41 Å². The Kier molecular flexibility index (Phi) is 5.93. The second kappa shape index (κ2) is 7.00. The van der Waals surface area contributed by atoms with Crippen molar-refractivity contribution in [3.05, 3.63) is 0 Å². The second-order valence-corrected chi connectivity index (χ2v) is 5.06. The van der Waals surface area contributed by atoms with Crippen LogP contribution in [0.3, 0.4) is 0 Å². The minimum absolute atomic E-state index is 0.347. The van der Waals surface area contributed by atoms with Crippen molar-refractivity contribution < 1.29 is 19.1 Å². The van der Waals surface area contributed by atoms with Crippen LogP contribution in [0.5, 0.6) is 0 Å². The van der Waals surface area contributed by atoms with E-state index in [-0.39, 0.29) is 0 Å². The average Bonchev–Trinajstić information content (AvgIpc) is 2.36. The third-order valence-electron chi connectivity index (χ3n) is 3.25. The minimum atomic E-state index is -1.34. The van der Waals surface area contributed by atoms with Crippen LogP contribution in [-0.2, 0) is 14.3 Å². The number of alkyl halides is 1. The Morgan fingerprint density at radius 1 is 1.21 bits per heavy atom. The molecule has 1 saturated heterocycles. The van der Waals surface area contributed by atoms with Gasteiger partial charge in [-0.3, -0.25) is 20.2 Å². The molecule has 108 valence electrons. The van der Waals surface area contributed by atoms with Gasteiger partial charge in [-0.05, 0) is 13.3 Å². The van der Waals surface area contributed by atoms with Gasteiger partial charge in [0, 0.05) is 11.9 Å². The Hall–Kier alpha value is -0.950. The van der Waals surface area contributed by atoms with Crippen LogP contribution in [0.25, 0.3) is 0 Å². The summed E-state index contributed by atoms with van der Waals surface area (Å²) in [4.78, 5) is 35.6. The third kappa shape index (κ3) is 3.14. The summed E-state index contributed by atoms with van der Waals surface area (Å²) < 4.78 is 5.53. The number of carbonyl (C=O) groups excluding carboxylic acids is 3. The zero-order valence-corrected chi connectivity index (χ0v) is 12.7. The molecular weight excluding hydrogens is 316 g/mol. The quantitative estimate of drug-likeness (QED) is 0.543. The second-order valence-electron chi connectivity index (χ2n) is 4.41. The van der Waals surface area contributed by atoms with E-state index in [0.29, 0.717) is 24.8 Å². The summed E-state index contributed by atoms with van der Waals surface area (Å²) in [5.41, 5.74) is -1.34. The van der Waals surface area contributed by atoms with Gasteiger partial charge in [0.1, 0.15) is 0 Å². The first-order chi connectivity index (χ1) is 9.02. The first kappa shape index (κ1) is 16.1. The highest BCUT2D eigenvalue weighted by Gasteiger charge is 2.55. The summed E-state index contributed by atoms with van der Waals surface area (Å²) in [6.07, 6.45) is 1.30. The van der Waals surface area contributed by atoms with Crippen molar-refractivity contribution in [1.82, 2.24) is 10.6 Å². The van der Waals surface area contributed by atoms with Crippen LogP contribution in [-0.4, -0.2) is 35.9 Å². The van der Waals surface area contributed by atoms with E-state index >= 15 is 0 Å². The lowest BCUT2D eigenvalue weighted by atomic mass is 9.75. The zero-order chi connectivity index (χ0) is 14.5. The molecule has 0 aliphatic carbocycles. The van der Waals surface area contributed by atoms with E-state index in [9.17, 15) is 14.4 Å². The van der Waals surface area contributed by atoms with Gasteiger partial charge >= 0.3 is 6.03 Å². The molecule has 19 heavy (non-hydrogen) atoms. The molecular formula is C12H19BrN2O4. The predicted octanol–water partition coefficient (Wildman–Crippen LogP) is 1.33. The van der Waals surface area contributed by atoms with Crippen molar-refractivity contribution in [1.29, 1.82) is 0 Å². The summed E-state index contributed by atoms with van der Waals surface area (Å²) in [5, 5.41) is 4.69. The normalized spacial score (nSPS) is 19.8. The first-order valence-corrected chi connectivity index (χ1v) is 7.49. The van der Waals surface area contributed by atoms with Crippen LogP contribution in [0.2, 0.25) is 0 Å². The molecule has 4 amide bonds. The number of rotatable bonds is 7. The number of hydrogen-bond donors (Lipinski definition) is 2. The van der Waals surface area contributed by atoms with E-state index in [4.69, 9.17) is 4.74 Å². The lowest BCUT2D eigenvalue weighted by molar-refractivity contribution is -0.155. The van der Waals surface area contributed by atoms with Gasteiger partial charge in [0.05, 0.1) is 6.10 Å². The molecule has 1 aliphatic rings. The summed E-state index contributed by atoms with van der Waals surface area (Å²) in [6.45, 7) is 4.16. The maximum absolute atomic E-state index is 12.2. The molecule has 0 bridgehead atoms. The molecule has 6 nitrogen and oxygen atoms in total. The SMILES string of the molecule is CCCCC1(C(CBr)OCC)C(=O)NC(=O)NC1=O.